The highest BCUT2D eigenvalue weighted by Crippen LogP contribution is 2.35. The van der Waals surface area contributed by atoms with Crippen LogP contribution in [0.25, 0.3) is 0 Å². The Morgan fingerprint density at radius 3 is 3.04 bits per heavy atom. The van der Waals surface area contributed by atoms with Crippen molar-refractivity contribution in [3.63, 3.8) is 0 Å². The zero-order valence-electron chi connectivity index (χ0n) is 13.2. The second-order valence-corrected chi connectivity index (χ2v) is 6.35. The minimum atomic E-state index is -0.160. The number of ether oxygens (including phenoxy) is 3. The Morgan fingerprint density at radius 1 is 1.32 bits per heavy atom. The number of benzene rings is 1. The van der Waals surface area contributed by atoms with Crippen LogP contribution in [0.5, 0.6) is 17.2 Å². The number of carbonyl (C=O) groups is 1. The summed E-state index contributed by atoms with van der Waals surface area (Å²) in [5.41, 5.74) is 0.702. The fourth-order valence-electron chi connectivity index (χ4n) is 2.46. The number of nitrogens with one attached hydrogen (secondary N) is 1. The Kier molecular flexibility index (Phi) is 4.26. The molecule has 25 heavy (non-hydrogen) atoms. The van der Waals surface area contributed by atoms with Crippen LogP contribution in [0.4, 0.5) is 5.69 Å². The van der Waals surface area contributed by atoms with E-state index in [0.717, 1.165) is 4.88 Å². The van der Waals surface area contributed by atoms with Crippen LogP contribution in [0.3, 0.4) is 0 Å². The number of aromatic amines is 1. The summed E-state index contributed by atoms with van der Waals surface area (Å²) in [5.74, 6) is 1.69. The number of thiophene rings is 1. The molecule has 0 bridgehead atoms. The van der Waals surface area contributed by atoms with Crippen molar-refractivity contribution in [3.05, 3.63) is 53.0 Å². The van der Waals surface area contributed by atoms with Crippen molar-refractivity contribution >= 4 is 22.9 Å². The van der Waals surface area contributed by atoms with E-state index in [1.807, 2.05) is 17.5 Å². The number of rotatable bonds is 6. The van der Waals surface area contributed by atoms with Gasteiger partial charge in [0.25, 0.3) is 5.91 Å². The van der Waals surface area contributed by atoms with E-state index in [9.17, 15) is 4.79 Å². The minimum Gasteiger partial charge on any atom is -0.484 e. The van der Waals surface area contributed by atoms with Crippen molar-refractivity contribution in [3.8, 4) is 17.2 Å². The number of aromatic nitrogens is 2. The van der Waals surface area contributed by atoms with Crippen LogP contribution >= 0.6 is 11.3 Å². The lowest BCUT2D eigenvalue weighted by Crippen LogP contribution is -2.34. The first-order chi connectivity index (χ1) is 12.3. The van der Waals surface area contributed by atoms with Crippen molar-refractivity contribution in [1.29, 1.82) is 0 Å². The highest BCUT2D eigenvalue weighted by molar-refractivity contribution is 7.09. The van der Waals surface area contributed by atoms with Crippen LogP contribution in [-0.4, -0.2) is 29.5 Å². The Labute approximate surface area is 147 Å². The van der Waals surface area contributed by atoms with Crippen LogP contribution in [-0.2, 0) is 11.3 Å². The van der Waals surface area contributed by atoms with E-state index in [1.165, 1.54) is 0 Å². The first kappa shape index (κ1) is 15.5. The molecule has 0 aliphatic carbocycles. The summed E-state index contributed by atoms with van der Waals surface area (Å²) in [5, 5.41) is 8.64. The number of carbonyl (C=O) groups excluding carboxylic acids is 1. The van der Waals surface area contributed by atoms with Gasteiger partial charge in [0.1, 0.15) is 5.75 Å². The molecule has 1 N–H and O–H groups in total. The molecule has 1 aliphatic rings. The standard InChI is InChI=1S/C17H15N3O4S/c21-17(10-22-13-3-4-15-16(6-13)24-11-23-15)20(12-7-18-19-8-12)9-14-2-1-5-25-14/h1-8H,9-11H2,(H,18,19). The van der Waals surface area contributed by atoms with Gasteiger partial charge < -0.3 is 19.1 Å². The maximum absolute atomic E-state index is 12.7. The van der Waals surface area contributed by atoms with Gasteiger partial charge in [-0.15, -0.1) is 11.3 Å². The molecule has 0 saturated heterocycles. The smallest absolute Gasteiger partial charge is 0.265 e. The average Bonchev–Trinajstić information content (AvgIpc) is 3.39. The van der Waals surface area contributed by atoms with Crippen molar-refractivity contribution < 1.29 is 19.0 Å². The lowest BCUT2D eigenvalue weighted by Gasteiger charge is -2.20. The zero-order chi connectivity index (χ0) is 17.1. The SMILES string of the molecule is O=C(COc1ccc2c(c1)OCO2)N(Cc1cccs1)c1cn[nH]c1. The summed E-state index contributed by atoms with van der Waals surface area (Å²) in [6, 6.07) is 9.19. The number of nitrogens with zero attached hydrogens (tertiary/aromatic N) is 2. The first-order valence-corrected chi connectivity index (χ1v) is 8.51. The Bertz CT molecular complexity index is 849. The maximum Gasteiger partial charge on any atom is 0.265 e. The third kappa shape index (κ3) is 3.43. The number of amides is 1. The molecule has 3 heterocycles. The predicted molar refractivity (Wildman–Crippen MR) is 92.2 cm³/mol. The van der Waals surface area contributed by atoms with E-state index in [-0.39, 0.29) is 19.3 Å². The molecule has 1 aromatic carbocycles. The van der Waals surface area contributed by atoms with Crippen LogP contribution in [0.15, 0.2) is 48.1 Å². The molecule has 3 aromatic rings. The number of hydrogen-bond acceptors (Lipinski definition) is 6. The molecule has 4 rings (SSSR count). The molecular weight excluding hydrogens is 342 g/mol. The first-order valence-electron chi connectivity index (χ1n) is 7.63. The maximum atomic E-state index is 12.7. The van der Waals surface area contributed by atoms with Crippen molar-refractivity contribution in [2.45, 2.75) is 6.54 Å². The predicted octanol–water partition coefficient (Wildman–Crippen LogP) is 2.81. The molecule has 0 atom stereocenters. The van der Waals surface area contributed by atoms with E-state index in [4.69, 9.17) is 14.2 Å². The number of anilines is 1. The second kappa shape index (κ2) is 6.86. The van der Waals surface area contributed by atoms with Gasteiger partial charge in [-0.05, 0) is 23.6 Å². The number of H-pyrrole nitrogens is 1. The molecule has 128 valence electrons. The van der Waals surface area contributed by atoms with Gasteiger partial charge in [-0.25, -0.2) is 0 Å². The monoisotopic (exact) mass is 357 g/mol. The highest BCUT2D eigenvalue weighted by atomic mass is 32.1. The van der Waals surface area contributed by atoms with Crippen molar-refractivity contribution in [1.82, 2.24) is 10.2 Å². The Balaban J connectivity index is 1.45. The van der Waals surface area contributed by atoms with Crippen LogP contribution in [0, 0.1) is 0 Å². The van der Waals surface area contributed by atoms with Crippen molar-refractivity contribution in [2.24, 2.45) is 0 Å². The molecule has 0 spiro atoms. The fraction of sp³-hybridized carbons (Fsp3) is 0.176. The fourth-order valence-corrected chi connectivity index (χ4v) is 3.16. The zero-order valence-corrected chi connectivity index (χ0v) is 14.0. The summed E-state index contributed by atoms with van der Waals surface area (Å²) >= 11 is 1.60. The lowest BCUT2D eigenvalue weighted by atomic mass is 10.3. The summed E-state index contributed by atoms with van der Waals surface area (Å²) in [6.07, 6.45) is 3.30. The molecule has 8 heteroatoms. The summed E-state index contributed by atoms with van der Waals surface area (Å²) < 4.78 is 16.2. The molecule has 1 aliphatic heterocycles. The van der Waals surface area contributed by atoms with Gasteiger partial charge in [0.05, 0.1) is 18.4 Å². The van der Waals surface area contributed by atoms with E-state index in [2.05, 4.69) is 10.2 Å². The highest BCUT2D eigenvalue weighted by Gasteiger charge is 2.19. The number of fused-ring (bicyclic) bond motifs is 1. The van der Waals surface area contributed by atoms with Gasteiger partial charge in [-0.3, -0.25) is 9.89 Å². The van der Waals surface area contributed by atoms with Gasteiger partial charge in [0, 0.05) is 17.1 Å². The second-order valence-electron chi connectivity index (χ2n) is 5.32. The molecule has 0 unspecified atom stereocenters. The van der Waals surface area contributed by atoms with E-state index in [1.54, 1.807) is 46.8 Å². The van der Waals surface area contributed by atoms with E-state index >= 15 is 0 Å². The molecule has 7 nitrogen and oxygen atoms in total. The molecule has 1 amide bonds. The van der Waals surface area contributed by atoms with Gasteiger partial charge in [-0.1, -0.05) is 6.07 Å². The summed E-state index contributed by atoms with van der Waals surface area (Å²) in [4.78, 5) is 15.4. The van der Waals surface area contributed by atoms with E-state index < -0.39 is 0 Å². The number of hydrogen-bond donors (Lipinski definition) is 1. The van der Waals surface area contributed by atoms with Crippen LogP contribution < -0.4 is 19.1 Å². The van der Waals surface area contributed by atoms with Gasteiger partial charge in [0.15, 0.2) is 18.1 Å². The summed E-state index contributed by atoms with van der Waals surface area (Å²) in [7, 11) is 0. The van der Waals surface area contributed by atoms with Gasteiger partial charge in [0.2, 0.25) is 6.79 Å². The van der Waals surface area contributed by atoms with Crippen molar-refractivity contribution in [2.75, 3.05) is 18.3 Å². The molecule has 2 aromatic heterocycles. The Morgan fingerprint density at radius 2 is 2.24 bits per heavy atom. The van der Waals surface area contributed by atoms with Gasteiger partial charge in [-0.2, -0.15) is 5.10 Å². The third-order valence-electron chi connectivity index (χ3n) is 3.70. The lowest BCUT2D eigenvalue weighted by molar-refractivity contribution is -0.120. The third-order valence-corrected chi connectivity index (χ3v) is 4.56. The van der Waals surface area contributed by atoms with Gasteiger partial charge >= 0.3 is 0 Å². The van der Waals surface area contributed by atoms with E-state index in [0.29, 0.717) is 29.5 Å². The Hall–Kier alpha value is -3.00. The van der Waals surface area contributed by atoms with Crippen LogP contribution in [0.1, 0.15) is 4.88 Å². The normalized spacial score (nSPS) is 12.2. The molecular formula is C17H15N3O4S. The largest absolute Gasteiger partial charge is 0.484 e. The van der Waals surface area contributed by atoms with Crippen LogP contribution in [0.2, 0.25) is 0 Å². The topological polar surface area (TPSA) is 76.7 Å². The average molecular weight is 357 g/mol. The molecule has 0 saturated carbocycles. The minimum absolute atomic E-state index is 0.0871. The summed E-state index contributed by atoms with van der Waals surface area (Å²) in [6.45, 7) is 0.587. The quantitative estimate of drug-likeness (QED) is 0.734. The molecule has 0 radical (unpaired) electrons. The molecule has 0 fully saturated rings.